The Bertz CT molecular complexity index is 361. The topological polar surface area (TPSA) is 21.3 Å². The Labute approximate surface area is 108 Å². The number of nitrogens with one attached hydrogen (secondary N) is 1. The fraction of sp³-hybridized carbons (Fsp3) is 0.429. The van der Waals surface area contributed by atoms with Crippen molar-refractivity contribution in [3.63, 3.8) is 0 Å². The van der Waals surface area contributed by atoms with E-state index in [1.165, 1.54) is 5.56 Å². The number of allylic oxidation sites excluding steroid dienone is 1. The molecule has 1 aromatic carbocycles. The molecule has 0 saturated carbocycles. The molecule has 1 aromatic rings. The highest BCUT2D eigenvalue weighted by molar-refractivity contribution is 6.30. The van der Waals surface area contributed by atoms with Crippen LogP contribution in [0.25, 0.3) is 0 Å². The molecule has 0 fully saturated rings. The molecule has 0 saturated heterocycles. The summed E-state index contributed by atoms with van der Waals surface area (Å²) in [4.78, 5) is 0. The van der Waals surface area contributed by atoms with Gasteiger partial charge in [-0.15, -0.1) is 0 Å². The van der Waals surface area contributed by atoms with Gasteiger partial charge >= 0.3 is 0 Å². The summed E-state index contributed by atoms with van der Waals surface area (Å²) in [5.41, 5.74) is 1.31. The molecule has 0 spiro atoms. The van der Waals surface area contributed by atoms with E-state index in [0.717, 1.165) is 37.4 Å². The van der Waals surface area contributed by atoms with Crippen LogP contribution in [0.5, 0.6) is 0 Å². The van der Waals surface area contributed by atoms with Gasteiger partial charge in [0.2, 0.25) is 0 Å². The van der Waals surface area contributed by atoms with Crippen LogP contribution in [0.3, 0.4) is 0 Å². The first kappa shape index (κ1) is 12.5. The molecule has 0 amide bonds. The standard InChI is InChI=1S/C14H18ClNO/c15-13-6-4-12(5-7-13)8-9-16-11-14-3-1-2-10-17-14/h2,4-7,10,14,16H,1,3,8-9,11H2. The Morgan fingerprint density at radius 3 is 2.82 bits per heavy atom. The fourth-order valence-corrected chi connectivity index (χ4v) is 2.01. The lowest BCUT2D eigenvalue weighted by Gasteiger charge is -2.19. The number of rotatable bonds is 5. The minimum atomic E-state index is 0.338. The number of hydrogen-bond acceptors (Lipinski definition) is 2. The second kappa shape index (κ2) is 6.67. The van der Waals surface area contributed by atoms with Gasteiger partial charge in [-0.25, -0.2) is 0 Å². The predicted molar refractivity (Wildman–Crippen MR) is 71.3 cm³/mol. The van der Waals surface area contributed by atoms with E-state index in [1.54, 1.807) is 0 Å². The highest BCUT2D eigenvalue weighted by Crippen LogP contribution is 2.10. The quantitative estimate of drug-likeness (QED) is 0.812. The molecule has 1 N–H and O–H groups in total. The normalized spacial score (nSPS) is 19.0. The van der Waals surface area contributed by atoms with Crippen molar-refractivity contribution in [2.24, 2.45) is 0 Å². The van der Waals surface area contributed by atoms with Crippen LogP contribution in [0.1, 0.15) is 18.4 Å². The molecule has 1 aliphatic heterocycles. The molecule has 2 rings (SSSR count). The number of hydrogen-bond donors (Lipinski definition) is 1. The van der Waals surface area contributed by atoms with E-state index in [4.69, 9.17) is 16.3 Å². The molecule has 17 heavy (non-hydrogen) atoms. The summed E-state index contributed by atoms with van der Waals surface area (Å²) in [5.74, 6) is 0. The Hall–Kier alpha value is -0.990. The Morgan fingerprint density at radius 1 is 1.29 bits per heavy atom. The van der Waals surface area contributed by atoms with Crippen LogP contribution < -0.4 is 5.32 Å². The summed E-state index contributed by atoms with van der Waals surface area (Å²) >= 11 is 5.84. The van der Waals surface area contributed by atoms with Crippen LogP contribution in [0.15, 0.2) is 36.6 Å². The van der Waals surface area contributed by atoms with Gasteiger partial charge in [-0.3, -0.25) is 0 Å². The monoisotopic (exact) mass is 251 g/mol. The molecule has 1 heterocycles. The molecule has 0 bridgehead atoms. The van der Waals surface area contributed by atoms with Gasteiger partial charge in [0.25, 0.3) is 0 Å². The van der Waals surface area contributed by atoms with E-state index < -0.39 is 0 Å². The molecule has 1 aliphatic rings. The zero-order valence-corrected chi connectivity index (χ0v) is 10.6. The van der Waals surface area contributed by atoms with Crippen LogP contribution in [-0.2, 0) is 11.2 Å². The van der Waals surface area contributed by atoms with Gasteiger partial charge in [-0.05, 0) is 49.6 Å². The second-order valence-corrected chi connectivity index (χ2v) is 4.72. The van der Waals surface area contributed by atoms with E-state index in [-0.39, 0.29) is 0 Å². The van der Waals surface area contributed by atoms with Gasteiger partial charge < -0.3 is 10.1 Å². The number of halogens is 1. The van der Waals surface area contributed by atoms with E-state index in [0.29, 0.717) is 6.10 Å². The molecular formula is C14H18ClNO. The third-order valence-corrected chi connectivity index (χ3v) is 3.15. The van der Waals surface area contributed by atoms with Gasteiger partial charge in [0, 0.05) is 11.6 Å². The van der Waals surface area contributed by atoms with Gasteiger partial charge in [0.1, 0.15) is 6.10 Å². The zero-order chi connectivity index (χ0) is 11.9. The summed E-state index contributed by atoms with van der Waals surface area (Å²) in [6, 6.07) is 8.02. The fourth-order valence-electron chi connectivity index (χ4n) is 1.88. The first-order valence-electron chi connectivity index (χ1n) is 6.10. The summed E-state index contributed by atoms with van der Waals surface area (Å²) < 4.78 is 5.49. The summed E-state index contributed by atoms with van der Waals surface area (Å²) in [6.07, 6.45) is 7.50. The maximum atomic E-state index is 5.84. The van der Waals surface area contributed by atoms with Crippen molar-refractivity contribution in [2.45, 2.75) is 25.4 Å². The van der Waals surface area contributed by atoms with Crippen molar-refractivity contribution in [1.29, 1.82) is 0 Å². The van der Waals surface area contributed by atoms with E-state index in [2.05, 4.69) is 23.5 Å². The molecule has 2 nitrogen and oxygen atoms in total. The van der Waals surface area contributed by atoms with E-state index >= 15 is 0 Å². The molecule has 1 atom stereocenters. The van der Waals surface area contributed by atoms with Crippen molar-refractivity contribution in [3.05, 3.63) is 47.2 Å². The highest BCUT2D eigenvalue weighted by Gasteiger charge is 2.09. The first-order chi connectivity index (χ1) is 8.34. The maximum Gasteiger partial charge on any atom is 0.110 e. The van der Waals surface area contributed by atoms with Gasteiger partial charge in [0.15, 0.2) is 0 Å². The molecule has 0 aromatic heterocycles. The van der Waals surface area contributed by atoms with Crippen LogP contribution in [0, 0.1) is 0 Å². The first-order valence-corrected chi connectivity index (χ1v) is 6.48. The van der Waals surface area contributed by atoms with Gasteiger partial charge in [0.05, 0.1) is 6.26 Å². The number of benzene rings is 1. The summed E-state index contributed by atoms with van der Waals surface area (Å²) in [7, 11) is 0. The lowest BCUT2D eigenvalue weighted by molar-refractivity contribution is 0.123. The summed E-state index contributed by atoms with van der Waals surface area (Å²) in [5, 5.41) is 4.22. The van der Waals surface area contributed by atoms with Gasteiger partial charge in [-0.1, -0.05) is 23.7 Å². The molecule has 0 radical (unpaired) electrons. The molecule has 3 heteroatoms. The third-order valence-electron chi connectivity index (χ3n) is 2.90. The van der Waals surface area contributed by atoms with Crippen LogP contribution >= 0.6 is 11.6 Å². The smallest absolute Gasteiger partial charge is 0.110 e. The largest absolute Gasteiger partial charge is 0.497 e. The van der Waals surface area contributed by atoms with Crippen LogP contribution in [-0.4, -0.2) is 19.2 Å². The van der Waals surface area contributed by atoms with Crippen molar-refractivity contribution in [2.75, 3.05) is 13.1 Å². The minimum Gasteiger partial charge on any atom is -0.497 e. The average Bonchev–Trinajstić information content (AvgIpc) is 2.38. The minimum absolute atomic E-state index is 0.338. The SMILES string of the molecule is Clc1ccc(CCNCC2CCC=CO2)cc1. The van der Waals surface area contributed by atoms with Crippen LogP contribution in [0.4, 0.5) is 0 Å². The number of ether oxygens (including phenoxy) is 1. The maximum absolute atomic E-state index is 5.84. The molecule has 1 unspecified atom stereocenters. The van der Waals surface area contributed by atoms with E-state index in [9.17, 15) is 0 Å². The second-order valence-electron chi connectivity index (χ2n) is 4.29. The Morgan fingerprint density at radius 2 is 2.12 bits per heavy atom. The average molecular weight is 252 g/mol. The van der Waals surface area contributed by atoms with Gasteiger partial charge in [-0.2, -0.15) is 0 Å². The van der Waals surface area contributed by atoms with Crippen molar-refractivity contribution >= 4 is 11.6 Å². The lowest BCUT2D eigenvalue weighted by Crippen LogP contribution is -2.30. The predicted octanol–water partition coefficient (Wildman–Crippen LogP) is 3.16. The van der Waals surface area contributed by atoms with Crippen LogP contribution in [0.2, 0.25) is 5.02 Å². The van der Waals surface area contributed by atoms with Crippen molar-refractivity contribution in [1.82, 2.24) is 5.32 Å². The third kappa shape index (κ3) is 4.41. The molecular weight excluding hydrogens is 234 g/mol. The van der Waals surface area contributed by atoms with E-state index in [1.807, 2.05) is 18.4 Å². The Kier molecular flexibility index (Phi) is 4.89. The lowest BCUT2D eigenvalue weighted by atomic mass is 10.1. The van der Waals surface area contributed by atoms with Crippen molar-refractivity contribution < 1.29 is 4.74 Å². The highest BCUT2D eigenvalue weighted by atomic mass is 35.5. The molecule has 92 valence electrons. The van der Waals surface area contributed by atoms with Crippen molar-refractivity contribution in [3.8, 4) is 0 Å². The molecule has 0 aliphatic carbocycles. The summed E-state index contributed by atoms with van der Waals surface area (Å²) in [6.45, 7) is 1.91. The zero-order valence-electron chi connectivity index (χ0n) is 9.86. The Balaban J connectivity index is 1.62.